The van der Waals surface area contributed by atoms with E-state index in [1.54, 1.807) is 0 Å². The maximum atomic E-state index is 5.53. The Morgan fingerprint density at radius 2 is 1.29 bits per heavy atom. The highest BCUT2D eigenvalue weighted by Crippen LogP contribution is 2.12. The highest BCUT2D eigenvalue weighted by atomic mass is 16.5. The molecular formula is C19H25NO. The Balaban J connectivity index is 1.94. The van der Waals surface area contributed by atoms with Crippen LogP contribution in [0.25, 0.3) is 0 Å². The predicted octanol–water partition coefficient (Wildman–Crippen LogP) is 4.08. The number of aryl methyl sites for hydroxylation is 1. The normalized spacial score (nSPS) is 10.8. The van der Waals surface area contributed by atoms with Crippen LogP contribution in [0.5, 0.6) is 0 Å². The standard InChI is InChI=1S/C19H25NO/c1-3-16-9-5-6-10-17(16)13-20-14-18-11-7-8-12-19(18)15-21-4-2/h5-12,20H,3-4,13-15H2,1-2H3. The molecule has 0 heterocycles. The molecule has 0 spiro atoms. The van der Waals surface area contributed by atoms with Crippen molar-refractivity contribution in [3.8, 4) is 0 Å². The van der Waals surface area contributed by atoms with Gasteiger partial charge in [0.15, 0.2) is 0 Å². The van der Waals surface area contributed by atoms with E-state index in [1.807, 2.05) is 6.92 Å². The van der Waals surface area contributed by atoms with E-state index in [4.69, 9.17) is 4.74 Å². The summed E-state index contributed by atoms with van der Waals surface area (Å²) in [6.07, 6.45) is 1.08. The SMILES string of the molecule is CCOCc1ccccc1CNCc1ccccc1CC. The topological polar surface area (TPSA) is 21.3 Å². The monoisotopic (exact) mass is 283 g/mol. The van der Waals surface area contributed by atoms with Gasteiger partial charge in [0, 0.05) is 19.7 Å². The molecule has 0 saturated carbocycles. The molecule has 2 rings (SSSR count). The molecule has 2 aromatic carbocycles. The van der Waals surface area contributed by atoms with E-state index in [0.29, 0.717) is 6.61 Å². The van der Waals surface area contributed by atoms with Gasteiger partial charge >= 0.3 is 0 Å². The van der Waals surface area contributed by atoms with E-state index in [-0.39, 0.29) is 0 Å². The number of ether oxygens (including phenoxy) is 1. The summed E-state index contributed by atoms with van der Waals surface area (Å²) in [5.74, 6) is 0. The first-order chi connectivity index (χ1) is 10.3. The van der Waals surface area contributed by atoms with Crippen LogP contribution < -0.4 is 5.32 Å². The third kappa shape index (κ3) is 4.69. The molecule has 0 aromatic heterocycles. The molecule has 0 radical (unpaired) electrons. The first kappa shape index (κ1) is 15.7. The zero-order chi connectivity index (χ0) is 14.9. The second-order valence-corrected chi connectivity index (χ2v) is 5.13. The molecule has 0 atom stereocenters. The van der Waals surface area contributed by atoms with E-state index in [0.717, 1.165) is 26.1 Å². The molecule has 112 valence electrons. The summed E-state index contributed by atoms with van der Waals surface area (Å²) in [6.45, 7) is 7.47. The Morgan fingerprint density at radius 1 is 0.762 bits per heavy atom. The van der Waals surface area contributed by atoms with Gasteiger partial charge in [0.05, 0.1) is 6.61 Å². The van der Waals surface area contributed by atoms with Crippen LogP contribution in [0.3, 0.4) is 0 Å². The number of benzene rings is 2. The van der Waals surface area contributed by atoms with Gasteiger partial charge in [-0.1, -0.05) is 55.5 Å². The maximum absolute atomic E-state index is 5.53. The van der Waals surface area contributed by atoms with Crippen molar-refractivity contribution in [1.29, 1.82) is 0 Å². The Hall–Kier alpha value is -1.64. The average molecular weight is 283 g/mol. The highest BCUT2D eigenvalue weighted by molar-refractivity contribution is 5.28. The van der Waals surface area contributed by atoms with Crippen LogP contribution in [0.15, 0.2) is 48.5 Å². The lowest BCUT2D eigenvalue weighted by Crippen LogP contribution is -2.15. The van der Waals surface area contributed by atoms with Crippen molar-refractivity contribution in [1.82, 2.24) is 5.32 Å². The van der Waals surface area contributed by atoms with Gasteiger partial charge in [-0.25, -0.2) is 0 Å². The first-order valence-corrected chi connectivity index (χ1v) is 7.77. The van der Waals surface area contributed by atoms with Crippen molar-refractivity contribution < 1.29 is 4.74 Å². The maximum Gasteiger partial charge on any atom is 0.0719 e. The zero-order valence-corrected chi connectivity index (χ0v) is 13.1. The third-order valence-corrected chi connectivity index (χ3v) is 3.71. The molecule has 0 saturated heterocycles. The van der Waals surface area contributed by atoms with Crippen LogP contribution in [0.1, 0.15) is 36.1 Å². The van der Waals surface area contributed by atoms with Gasteiger partial charge in [-0.05, 0) is 35.6 Å². The fourth-order valence-corrected chi connectivity index (χ4v) is 2.49. The summed E-state index contributed by atoms with van der Waals surface area (Å²) in [5.41, 5.74) is 5.41. The molecule has 0 unspecified atom stereocenters. The van der Waals surface area contributed by atoms with E-state index < -0.39 is 0 Å². The molecule has 0 fully saturated rings. The molecule has 2 nitrogen and oxygen atoms in total. The smallest absolute Gasteiger partial charge is 0.0719 e. The van der Waals surface area contributed by atoms with Crippen LogP contribution in [0, 0.1) is 0 Å². The van der Waals surface area contributed by atoms with Gasteiger partial charge in [0.2, 0.25) is 0 Å². The average Bonchev–Trinajstić information content (AvgIpc) is 2.54. The molecule has 0 aliphatic rings. The Bertz CT molecular complexity index is 551. The third-order valence-electron chi connectivity index (χ3n) is 3.71. The summed E-state index contributed by atoms with van der Waals surface area (Å²) < 4.78 is 5.53. The largest absolute Gasteiger partial charge is 0.377 e. The molecule has 0 aliphatic carbocycles. The van der Waals surface area contributed by atoms with Crippen LogP contribution in [0.2, 0.25) is 0 Å². The summed E-state index contributed by atoms with van der Waals surface area (Å²) >= 11 is 0. The van der Waals surface area contributed by atoms with Gasteiger partial charge < -0.3 is 10.1 Å². The molecule has 0 bridgehead atoms. The van der Waals surface area contributed by atoms with E-state index in [9.17, 15) is 0 Å². The molecule has 21 heavy (non-hydrogen) atoms. The molecular weight excluding hydrogens is 258 g/mol. The summed E-state index contributed by atoms with van der Waals surface area (Å²) in [5, 5.41) is 3.55. The van der Waals surface area contributed by atoms with Crippen molar-refractivity contribution >= 4 is 0 Å². The number of rotatable bonds is 8. The fraction of sp³-hybridized carbons (Fsp3) is 0.368. The lowest BCUT2D eigenvalue weighted by atomic mass is 10.0. The van der Waals surface area contributed by atoms with Gasteiger partial charge in [-0.2, -0.15) is 0 Å². The number of hydrogen-bond acceptors (Lipinski definition) is 2. The van der Waals surface area contributed by atoms with Crippen LogP contribution >= 0.6 is 0 Å². The van der Waals surface area contributed by atoms with Crippen LogP contribution in [-0.4, -0.2) is 6.61 Å². The van der Waals surface area contributed by atoms with Crippen molar-refractivity contribution in [3.63, 3.8) is 0 Å². The fourth-order valence-electron chi connectivity index (χ4n) is 2.49. The number of nitrogens with one attached hydrogen (secondary N) is 1. The zero-order valence-electron chi connectivity index (χ0n) is 13.1. The van der Waals surface area contributed by atoms with Crippen LogP contribution in [-0.2, 0) is 30.9 Å². The Labute approximate surface area is 128 Å². The molecule has 1 N–H and O–H groups in total. The van der Waals surface area contributed by atoms with Crippen molar-refractivity contribution in [2.45, 2.75) is 40.0 Å². The second kappa shape index (κ2) is 8.60. The Morgan fingerprint density at radius 3 is 1.86 bits per heavy atom. The molecule has 0 aliphatic heterocycles. The minimum Gasteiger partial charge on any atom is -0.377 e. The lowest BCUT2D eigenvalue weighted by molar-refractivity contribution is 0.133. The van der Waals surface area contributed by atoms with Crippen molar-refractivity contribution in [2.75, 3.05) is 6.61 Å². The summed E-state index contributed by atoms with van der Waals surface area (Å²) in [4.78, 5) is 0. The van der Waals surface area contributed by atoms with Crippen molar-refractivity contribution in [3.05, 3.63) is 70.8 Å². The van der Waals surface area contributed by atoms with Crippen molar-refractivity contribution in [2.24, 2.45) is 0 Å². The highest BCUT2D eigenvalue weighted by Gasteiger charge is 2.03. The molecule has 0 amide bonds. The minimum atomic E-state index is 0.694. The lowest BCUT2D eigenvalue weighted by Gasteiger charge is -2.12. The first-order valence-electron chi connectivity index (χ1n) is 7.77. The molecule has 2 heteroatoms. The van der Waals surface area contributed by atoms with Gasteiger partial charge in [-0.3, -0.25) is 0 Å². The molecule has 2 aromatic rings. The van der Waals surface area contributed by atoms with Gasteiger partial charge in [0.1, 0.15) is 0 Å². The summed E-state index contributed by atoms with van der Waals surface area (Å²) in [6, 6.07) is 17.1. The predicted molar refractivity (Wildman–Crippen MR) is 88.1 cm³/mol. The van der Waals surface area contributed by atoms with E-state index >= 15 is 0 Å². The quantitative estimate of drug-likeness (QED) is 0.788. The number of hydrogen-bond donors (Lipinski definition) is 1. The Kier molecular flexibility index (Phi) is 6.45. The van der Waals surface area contributed by atoms with E-state index in [1.165, 1.54) is 22.3 Å². The van der Waals surface area contributed by atoms with Gasteiger partial charge in [0.25, 0.3) is 0 Å². The second-order valence-electron chi connectivity index (χ2n) is 5.13. The van der Waals surface area contributed by atoms with Crippen LogP contribution in [0.4, 0.5) is 0 Å². The van der Waals surface area contributed by atoms with E-state index in [2.05, 4.69) is 60.8 Å². The summed E-state index contributed by atoms with van der Waals surface area (Å²) in [7, 11) is 0. The van der Waals surface area contributed by atoms with Gasteiger partial charge in [-0.15, -0.1) is 0 Å². The minimum absolute atomic E-state index is 0.694.